The van der Waals surface area contributed by atoms with Crippen LogP contribution in [0, 0.1) is 12.8 Å². The van der Waals surface area contributed by atoms with Crippen LogP contribution in [0.2, 0.25) is 0 Å². The molecule has 1 aromatic rings. The Morgan fingerprint density at radius 3 is 2.56 bits per heavy atom. The zero-order valence-corrected chi connectivity index (χ0v) is 11.9. The molecule has 0 aliphatic rings. The molecule has 0 heterocycles. The lowest BCUT2D eigenvalue weighted by molar-refractivity contribution is 0.281. The summed E-state index contributed by atoms with van der Waals surface area (Å²) in [6.07, 6.45) is 0.804. The summed E-state index contributed by atoms with van der Waals surface area (Å²) in [5, 5.41) is 9.05. The molecule has 0 aliphatic heterocycles. The van der Waals surface area contributed by atoms with E-state index in [0.29, 0.717) is 23.6 Å². The topological polar surface area (TPSA) is 66.4 Å². The SMILES string of the molecule is Cc1ccc(CO)cc1S(=O)(=O)NCCC(C)C. The van der Waals surface area contributed by atoms with Gasteiger partial charge in [0.2, 0.25) is 10.0 Å². The summed E-state index contributed by atoms with van der Waals surface area (Å²) in [5.41, 5.74) is 1.29. The Bertz CT molecular complexity index is 495. The van der Waals surface area contributed by atoms with Crippen LogP contribution in [0.5, 0.6) is 0 Å². The highest BCUT2D eigenvalue weighted by molar-refractivity contribution is 7.89. The van der Waals surface area contributed by atoms with Crippen molar-refractivity contribution in [1.82, 2.24) is 4.72 Å². The van der Waals surface area contributed by atoms with Crippen LogP contribution >= 0.6 is 0 Å². The number of aliphatic hydroxyl groups is 1. The largest absolute Gasteiger partial charge is 0.392 e. The second kappa shape index (κ2) is 6.31. The Hall–Kier alpha value is -0.910. The van der Waals surface area contributed by atoms with Gasteiger partial charge in [-0.1, -0.05) is 26.0 Å². The smallest absolute Gasteiger partial charge is 0.240 e. The summed E-state index contributed by atoms with van der Waals surface area (Å²) < 4.78 is 26.8. The molecular formula is C13H21NO3S. The zero-order valence-electron chi connectivity index (χ0n) is 11.1. The van der Waals surface area contributed by atoms with Gasteiger partial charge in [-0.25, -0.2) is 13.1 Å². The highest BCUT2D eigenvalue weighted by Gasteiger charge is 2.16. The summed E-state index contributed by atoms with van der Waals surface area (Å²) >= 11 is 0. The Balaban J connectivity index is 2.90. The lowest BCUT2D eigenvalue weighted by Crippen LogP contribution is -2.26. The second-order valence-electron chi connectivity index (χ2n) is 4.84. The highest BCUT2D eigenvalue weighted by Crippen LogP contribution is 2.17. The van der Waals surface area contributed by atoms with Gasteiger partial charge >= 0.3 is 0 Å². The fraction of sp³-hybridized carbons (Fsp3) is 0.538. The Kier molecular flexibility index (Phi) is 5.31. The zero-order chi connectivity index (χ0) is 13.8. The van der Waals surface area contributed by atoms with E-state index in [1.165, 1.54) is 6.07 Å². The third kappa shape index (κ3) is 4.08. The number of hydrogen-bond acceptors (Lipinski definition) is 3. The van der Waals surface area contributed by atoms with E-state index in [4.69, 9.17) is 5.11 Å². The standard InChI is InChI=1S/C13H21NO3S/c1-10(2)6-7-14-18(16,17)13-8-12(9-15)5-4-11(13)3/h4-5,8,10,14-15H,6-7,9H2,1-3H3. The first kappa shape index (κ1) is 15.1. The van der Waals surface area contributed by atoms with Crippen molar-refractivity contribution >= 4 is 10.0 Å². The molecule has 0 spiro atoms. The number of aliphatic hydroxyl groups excluding tert-OH is 1. The van der Waals surface area contributed by atoms with Crippen molar-refractivity contribution in [2.24, 2.45) is 5.92 Å². The van der Waals surface area contributed by atoms with E-state index in [1.54, 1.807) is 19.1 Å². The van der Waals surface area contributed by atoms with Crippen LogP contribution in [0.4, 0.5) is 0 Å². The molecular weight excluding hydrogens is 250 g/mol. The molecule has 1 aromatic carbocycles. The molecule has 0 radical (unpaired) electrons. The molecule has 0 atom stereocenters. The van der Waals surface area contributed by atoms with E-state index in [2.05, 4.69) is 4.72 Å². The van der Waals surface area contributed by atoms with Gasteiger partial charge in [0.1, 0.15) is 0 Å². The predicted octanol–water partition coefficient (Wildman–Crippen LogP) is 1.81. The molecule has 0 aromatic heterocycles. The van der Waals surface area contributed by atoms with Gasteiger partial charge in [-0.2, -0.15) is 0 Å². The van der Waals surface area contributed by atoms with Crippen molar-refractivity contribution in [1.29, 1.82) is 0 Å². The number of benzene rings is 1. The molecule has 0 amide bonds. The minimum atomic E-state index is -3.48. The summed E-state index contributed by atoms with van der Waals surface area (Å²) in [7, 11) is -3.48. The van der Waals surface area contributed by atoms with E-state index < -0.39 is 10.0 Å². The molecule has 5 heteroatoms. The lowest BCUT2D eigenvalue weighted by atomic mass is 10.1. The van der Waals surface area contributed by atoms with Gasteiger partial charge < -0.3 is 5.11 Å². The monoisotopic (exact) mass is 271 g/mol. The molecule has 18 heavy (non-hydrogen) atoms. The Morgan fingerprint density at radius 1 is 1.33 bits per heavy atom. The average molecular weight is 271 g/mol. The second-order valence-corrected chi connectivity index (χ2v) is 6.57. The number of aryl methyl sites for hydroxylation is 1. The first-order valence-electron chi connectivity index (χ1n) is 6.07. The van der Waals surface area contributed by atoms with Crippen LogP contribution in [0.1, 0.15) is 31.4 Å². The molecule has 102 valence electrons. The minimum absolute atomic E-state index is 0.158. The third-order valence-corrected chi connectivity index (χ3v) is 4.34. The summed E-state index contributed by atoms with van der Waals surface area (Å²) in [6.45, 7) is 6.12. The molecule has 0 saturated heterocycles. The van der Waals surface area contributed by atoms with E-state index >= 15 is 0 Å². The van der Waals surface area contributed by atoms with Gasteiger partial charge in [-0.05, 0) is 36.5 Å². The quantitative estimate of drug-likeness (QED) is 0.829. The van der Waals surface area contributed by atoms with Gasteiger partial charge in [-0.15, -0.1) is 0 Å². The molecule has 0 fully saturated rings. The maximum atomic E-state index is 12.1. The highest BCUT2D eigenvalue weighted by atomic mass is 32.2. The van der Waals surface area contributed by atoms with Crippen molar-refractivity contribution < 1.29 is 13.5 Å². The summed E-state index contributed by atoms with van der Waals surface area (Å²) in [6, 6.07) is 4.96. The van der Waals surface area contributed by atoms with E-state index in [-0.39, 0.29) is 11.5 Å². The number of rotatable bonds is 6. The van der Waals surface area contributed by atoms with Crippen molar-refractivity contribution in [2.45, 2.75) is 38.7 Å². The average Bonchev–Trinajstić information content (AvgIpc) is 2.28. The van der Waals surface area contributed by atoms with E-state index in [9.17, 15) is 8.42 Å². The van der Waals surface area contributed by atoms with Crippen LogP contribution in [-0.2, 0) is 16.6 Å². The van der Waals surface area contributed by atoms with E-state index in [1.807, 2.05) is 13.8 Å². The number of sulfonamides is 1. The Morgan fingerprint density at radius 2 is 2.00 bits per heavy atom. The van der Waals surface area contributed by atoms with Gasteiger partial charge in [-0.3, -0.25) is 0 Å². The number of nitrogens with one attached hydrogen (secondary N) is 1. The van der Waals surface area contributed by atoms with Crippen molar-refractivity contribution in [3.8, 4) is 0 Å². The van der Waals surface area contributed by atoms with Crippen LogP contribution in [-0.4, -0.2) is 20.1 Å². The molecule has 0 bridgehead atoms. The molecule has 1 rings (SSSR count). The first-order chi connectivity index (χ1) is 8.36. The molecule has 0 unspecified atom stereocenters. The predicted molar refractivity (Wildman–Crippen MR) is 71.7 cm³/mol. The fourth-order valence-corrected chi connectivity index (χ4v) is 2.93. The molecule has 0 aliphatic carbocycles. The normalized spacial score (nSPS) is 12.1. The van der Waals surface area contributed by atoms with Gasteiger partial charge in [0.15, 0.2) is 0 Å². The molecule has 2 N–H and O–H groups in total. The minimum Gasteiger partial charge on any atom is -0.392 e. The molecule has 4 nitrogen and oxygen atoms in total. The maximum Gasteiger partial charge on any atom is 0.240 e. The number of hydrogen-bond donors (Lipinski definition) is 2. The fourth-order valence-electron chi connectivity index (χ4n) is 1.59. The summed E-state index contributed by atoms with van der Waals surface area (Å²) in [4.78, 5) is 0.248. The van der Waals surface area contributed by atoms with Crippen LogP contribution in [0.15, 0.2) is 23.1 Å². The van der Waals surface area contributed by atoms with Gasteiger partial charge in [0.25, 0.3) is 0 Å². The third-order valence-electron chi connectivity index (χ3n) is 2.74. The van der Waals surface area contributed by atoms with Crippen LogP contribution in [0.25, 0.3) is 0 Å². The lowest BCUT2D eigenvalue weighted by Gasteiger charge is -2.11. The van der Waals surface area contributed by atoms with Crippen molar-refractivity contribution in [2.75, 3.05) is 6.54 Å². The van der Waals surface area contributed by atoms with Crippen molar-refractivity contribution in [3.05, 3.63) is 29.3 Å². The Labute approximate surface area is 109 Å². The first-order valence-corrected chi connectivity index (χ1v) is 7.55. The van der Waals surface area contributed by atoms with Crippen LogP contribution < -0.4 is 4.72 Å². The van der Waals surface area contributed by atoms with Crippen LogP contribution in [0.3, 0.4) is 0 Å². The molecule has 0 saturated carbocycles. The summed E-state index contributed by atoms with van der Waals surface area (Å²) in [5.74, 6) is 0.456. The van der Waals surface area contributed by atoms with Crippen molar-refractivity contribution in [3.63, 3.8) is 0 Å². The van der Waals surface area contributed by atoms with E-state index in [0.717, 1.165) is 6.42 Å². The van der Waals surface area contributed by atoms with Gasteiger partial charge in [0, 0.05) is 6.54 Å². The maximum absolute atomic E-state index is 12.1. The van der Waals surface area contributed by atoms with Gasteiger partial charge in [0.05, 0.1) is 11.5 Å².